The highest BCUT2D eigenvalue weighted by atomic mass is 32.1. The lowest BCUT2D eigenvalue weighted by Gasteiger charge is -2.31. The lowest BCUT2D eigenvalue weighted by atomic mass is 9.83. The molecule has 0 aliphatic heterocycles. The molecule has 2 aromatic rings. The number of aliphatic carboxylic acids is 1. The van der Waals surface area contributed by atoms with Crippen molar-refractivity contribution in [1.82, 2.24) is 5.32 Å². The van der Waals surface area contributed by atoms with E-state index >= 15 is 0 Å². The van der Waals surface area contributed by atoms with Gasteiger partial charge in [-0.2, -0.15) is 0 Å². The van der Waals surface area contributed by atoms with Crippen LogP contribution in [0.25, 0.3) is 0 Å². The highest BCUT2D eigenvalue weighted by Crippen LogP contribution is 2.30. The molecular formula is C15H14N2O2S. The normalized spacial score (nSPS) is 10.8. The molecule has 2 aromatic carbocycles. The van der Waals surface area contributed by atoms with Crippen molar-refractivity contribution in [3.63, 3.8) is 0 Å². The largest absolute Gasteiger partial charge is 0.479 e. The highest BCUT2D eigenvalue weighted by Gasteiger charge is 2.42. The Bertz CT molecular complexity index is 575. The average Bonchev–Trinajstić information content (AvgIpc) is 2.46. The number of carboxylic acid groups (broad SMARTS) is 1. The van der Waals surface area contributed by atoms with Crippen LogP contribution in [0.3, 0.4) is 0 Å². The van der Waals surface area contributed by atoms with Gasteiger partial charge in [-0.15, -0.1) is 0 Å². The van der Waals surface area contributed by atoms with Crippen molar-refractivity contribution in [2.75, 3.05) is 0 Å². The van der Waals surface area contributed by atoms with Crippen LogP contribution in [0.15, 0.2) is 60.7 Å². The SMILES string of the molecule is NC(=S)NC(C(=O)O)(c1ccccc1)c1ccccc1. The molecule has 0 fully saturated rings. The Hall–Kier alpha value is -2.40. The molecule has 0 radical (unpaired) electrons. The Labute approximate surface area is 122 Å². The first-order valence-electron chi connectivity index (χ1n) is 5.99. The summed E-state index contributed by atoms with van der Waals surface area (Å²) in [5.74, 6) is -1.07. The first-order valence-corrected chi connectivity index (χ1v) is 6.40. The van der Waals surface area contributed by atoms with E-state index in [0.29, 0.717) is 11.1 Å². The van der Waals surface area contributed by atoms with E-state index in [9.17, 15) is 9.90 Å². The van der Waals surface area contributed by atoms with Crippen LogP contribution >= 0.6 is 12.2 Å². The van der Waals surface area contributed by atoms with E-state index in [1.165, 1.54) is 0 Å². The van der Waals surface area contributed by atoms with Crippen LogP contribution in [-0.4, -0.2) is 16.2 Å². The summed E-state index contributed by atoms with van der Waals surface area (Å²) < 4.78 is 0. The van der Waals surface area contributed by atoms with Gasteiger partial charge in [0.2, 0.25) is 0 Å². The molecule has 0 aliphatic carbocycles. The van der Waals surface area contributed by atoms with Gasteiger partial charge in [-0.25, -0.2) is 4.79 Å². The monoisotopic (exact) mass is 286 g/mol. The zero-order chi connectivity index (χ0) is 14.6. The zero-order valence-corrected chi connectivity index (χ0v) is 11.4. The Balaban J connectivity index is 2.69. The predicted octanol–water partition coefficient (Wildman–Crippen LogP) is 1.85. The Morgan fingerprint density at radius 3 is 1.70 bits per heavy atom. The lowest BCUT2D eigenvalue weighted by Crippen LogP contribution is -2.54. The fourth-order valence-electron chi connectivity index (χ4n) is 2.17. The van der Waals surface area contributed by atoms with Crippen molar-refractivity contribution >= 4 is 23.3 Å². The van der Waals surface area contributed by atoms with Gasteiger partial charge in [0.05, 0.1) is 0 Å². The van der Waals surface area contributed by atoms with Gasteiger partial charge in [-0.05, 0) is 23.3 Å². The minimum absolute atomic E-state index is 0.0693. The van der Waals surface area contributed by atoms with E-state index in [-0.39, 0.29) is 5.11 Å². The third-order valence-electron chi connectivity index (χ3n) is 3.05. The van der Waals surface area contributed by atoms with Crippen LogP contribution in [0.2, 0.25) is 0 Å². The molecule has 0 bridgehead atoms. The van der Waals surface area contributed by atoms with Crippen molar-refractivity contribution in [3.05, 3.63) is 71.8 Å². The van der Waals surface area contributed by atoms with E-state index in [0.717, 1.165) is 0 Å². The molecular weight excluding hydrogens is 272 g/mol. The molecule has 0 heterocycles. The molecule has 0 aliphatic rings. The van der Waals surface area contributed by atoms with Crippen molar-refractivity contribution < 1.29 is 9.90 Å². The van der Waals surface area contributed by atoms with Crippen molar-refractivity contribution in [2.24, 2.45) is 5.73 Å². The molecule has 4 nitrogen and oxygen atoms in total. The summed E-state index contributed by atoms with van der Waals surface area (Å²) in [5, 5.41) is 12.5. The number of nitrogens with two attached hydrogens (primary N) is 1. The minimum atomic E-state index is -1.49. The van der Waals surface area contributed by atoms with Gasteiger partial charge in [0.1, 0.15) is 0 Å². The second-order valence-electron chi connectivity index (χ2n) is 4.28. The number of thiocarbonyl (C=S) groups is 1. The van der Waals surface area contributed by atoms with E-state index in [1.54, 1.807) is 48.5 Å². The van der Waals surface area contributed by atoms with Crippen molar-refractivity contribution in [3.8, 4) is 0 Å². The summed E-state index contributed by atoms with van der Waals surface area (Å²) >= 11 is 4.87. The predicted molar refractivity (Wildman–Crippen MR) is 81.2 cm³/mol. The van der Waals surface area contributed by atoms with Gasteiger partial charge in [0.25, 0.3) is 0 Å². The van der Waals surface area contributed by atoms with E-state index in [1.807, 2.05) is 12.1 Å². The van der Waals surface area contributed by atoms with Gasteiger partial charge < -0.3 is 16.2 Å². The van der Waals surface area contributed by atoms with E-state index < -0.39 is 11.5 Å². The van der Waals surface area contributed by atoms with Gasteiger partial charge in [0, 0.05) is 0 Å². The van der Waals surface area contributed by atoms with E-state index in [4.69, 9.17) is 18.0 Å². The number of carboxylic acids is 1. The zero-order valence-electron chi connectivity index (χ0n) is 10.6. The molecule has 0 atom stereocenters. The maximum absolute atomic E-state index is 12.0. The summed E-state index contributed by atoms with van der Waals surface area (Å²) in [4.78, 5) is 12.0. The average molecular weight is 286 g/mol. The second kappa shape index (κ2) is 5.71. The number of hydrogen-bond acceptors (Lipinski definition) is 2. The van der Waals surface area contributed by atoms with Gasteiger partial charge in [-0.1, -0.05) is 60.7 Å². The Kier molecular flexibility index (Phi) is 4.00. The van der Waals surface area contributed by atoms with Crippen LogP contribution < -0.4 is 11.1 Å². The van der Waals surface area contributed by atoms with Gasteiger partial charge in [0.15, 0.2) is 10.7 Å². The van der Waals surface area contributed by atoms with Crippen LogP contribution in [-0.2, 0) is 10.3 Å². The molecule has 0 unspecified atom stereocenters. The third kappa shape index (κ3) is 2.48. The summed E-state index contributed by atoms with van der Waals surface area (Å²) in [6.07, 6.45) is 0. The first-order chi connectivity index (χ1) is 9.57. The third-order valence-corrected chi connectivity index (χ3v) is 3.15. The summed E-state index contributed by atoms with van der Waals surface area (Å²) in [6.45, 7) is 0. The molecule has 0 spiro atoms. The molecule has 102 valence electrons. The van der Waals surface area contributed by atoms with Crippen LogP contribution in [0, 0.1) is 0 Å². The van der Waals surface area contributed by atoms with Crippen LogP contribution in [0.5, 0.6) is 0 Å². The summed E-state index contributed by atoms with van der Waals surface area (Å²) in [6, 6.07) is 17.7. The van der Waals surface area contributed by atoms with Crippen LogP contribution in [0.1, 0.15) is 11.1 Å². The standard InChI is InChI=1S/C15H14N2O2S/c16-14(20)17-15(13(18)19,11-7-3-1-4-8-11)12-9-5-2-6-10-12/h1-10H,(H,18,19)(H3,16,17,20). The Morgan fingerprint density at radius 2 is 1.40 bits per heavy atom. The molecule has 4 N–H and O–H groups in total. The smallest absolute Gasteiger partial charge is 0.338 e. The van der Waals surface area contributed by atoms with Crippen molar-refractivity contribution in [1.29, 1.82) is 0 Å². The fourth-order valence-corrected chi connectivity index (χ4v) is 2.33. The quantitative estimate of drug-likeness (QED) is 0.748. The molecule has 5 heteroatoms. The molecule has 0 saturated carbocycles. The number of benzene rings is 2. The highest BCUT2D eigenvalue weighted by molar-refractivity contribution is 7.80. The fraction of sp³-hybridized carbons (Fsp3) is 0.0667. The summed E-state index contributed by atoms with van der Waals surface area (Å²) in [5.41, 5.74) is 5.18. The number of nitrogens with one attached hydrogen (secondary N) is 1. The number of rotatable bonds is 4. The van der Waals surface area contributed by atoms with E-state index in [2.05, 4.69) is 5.32 Å². The maximum Gasteiger partial charge on any atom is 0.338 e. The summed E-state index contributed by atoms with van der Waals surface area (Å²) in [7, 11) is 0. The molecule has 0 saturated heterocycles. The first kappa shape index (κ1) is 14.0. The topological polar surface area (TPSA) is 75.3 Å². The second-order valence-corrected chi connectivity index (χ2v) is 4.72. The molecule has 20 heavy (non-hydrogen) atoms. The molecule has 2 rings (SSSR count). The van der Waals surface area contributed by atoms with Gasteiger partial charge in [-0.3, -0.25) is 0 Å². The van der Waals surface area contributed by atoms with Crippen molar-refractivity contribution in [2.45, 2.75) is 5.54 Å². The van der Waals surface area contributed by atoms with Crippen LogP contribution in [0.4, 0.5) is 0 Å². The van der Waals surface area contributed by atoms with Gasteiger partial charge >= 0.3 is 5.97 Å². The maximum atomic E-state index is 12.0. The Morgan fingerprint density at radius 1 is 1.00 bits per heavy atom. The lowest BCUT2D eigenvalue weighted by molar-refractivity contribution is -0.142. The number of hydrogen-bond donors (Lipinski definition) is 3. The molecule has 0 aromatic heterocycles. The molecule has 0 amide bonds. The number of carbonyl (C=O) groups is 1. The minimum Gasteiger partial charge on any atom is -0.479 e.